The Morgan fingerprint density at radius 2 is 1.94 bits per heavy atom. The van der Waals surface area contributed by atoms with Crippen molar-refractivity contribution in [2.75, 3.05) is 19.8 Å². The predicted octanol–water partition coefficient (Wildman–Crippen LogP) is 2.63. The van der Waals surface area contributed by atoms with E-state index in [0.717, 1.165) is 25.2 Å². The largest absolute Gasteiger partial charge is 0.491 e. The summed E-state index contributed by atoms with van der Waals surface area (Å²) in [5, 5.41) is 9.66. The van der Waals surface area contributed by atoms with Crippen LogP contribution in [-0.2, 0) is 4.74 Å². The molecule has 0 aliphatic carbocycles. The van der Waals surface area contributed by atoms with Crippen LogP contribution in [0.25, 0.3) is 0 Å². The van der Waals surface area contributed by atoms with E-state index in [1.54, 1.807) is 0 Å². The van der Waals surface area contributed by atoms with E-state index < -0.39 is 6.10 Å². The van der Waals surface area contributed by atoms with Gasteiger partial charge in [-0.3, -0.25) is 0 Å². The van der Waals surface area contributed by atoms with Crippen LogP contribution in [0.2, 0.25) is 0 Å². The van der Waals surface area contributed by atoms with Crippen LogP contribution < -0.4 is 4.74 Å². The molecule has 96 valence electrons. The molecule has 0 amide bonds. The van der Waals surface area contributed by atoms with Crippen LogP contribution in [0.1, 0.15) is 26.2 Å². The molecule has 0 saturated carbocycles. The van der Waals surface area contributed by atoms with Gasteiger partial charge in [-0.05, 0) is 25.0 Å². The van der Waals surface area contributed by atoms with E-state index in [4.69, 9.17) is 9.47 Å². The third-order valence-corrected chi connectivity index (χ3v) is 2.42. The lowest BCUT2D eigenvalue weighted by atomic mass is 10.3. The number of ether oxygens (including phenoxy) is 2. The molecule has 0 aliphatic rings. The molecule has 0 heterocycles. The topological polar surface area (TPSA) is 38.7 Å². The van der Waals surface area contributed by atoms with Crippen LogP contribution in [0.4, 0.5) is 0 Å². The van der Waals surface area contributed by atoms with Crippen LogP contribution in [0.15, 0.2) is 30.3 Å². The molecule has 1 unspecified atom stereocenters. The molecule has 17 heavy (non-hydrogen) atoms. The molecule has 3 heteroatoms. The summed E-state index contributed by atoms with van der Waals surface area (Å²) in [6.07, 6.45) is 2.38. The maximum absolute atomic E-state index is 9.66. The summed E-state index contributed by atoms with van der Waals surface area (Å²) in [4.78, 5) is 0. The zero-order valence-corrected chi connectivity index (χ0v) is 10.5. The summed E-state index contributed by atoms with van der Waals surface area (Å²) in [6.45, 7) is 3.83. The fraction of sp³-hybridized carbons (Fsp3) is 0.571. The van der Waals surface area contributed by atoms with Crippen LogP contribution in [0.3, 0.4) is 0 Å². The summed E-state index contributed by atoms with van der Waals surface area (Å²) in [5.74, 6) is 0.790. The number of rotatable bonds is 9. The van der Waals surface area contributed by atoms with Crippen molar-refractivity contribution in [2.45, 2.75) is 32.3 Å². The molecule has 0 bridgehead atoms. The van der Waals surface area contributed by atoms with Gasteiger partial charge < -0.3 is 14.6 Å². The minimum Gasteiger partial charge on any atom is -0.491 e. The van der Waals surface area contributed by atoms with Crippen LogP contribution in [0, 0.1) is 0 Å². The fourth-order valence-corrected chi connectivity index (χ4v) is 1.36. The van der Waals surface area contributed by atoms with Gasteiger partial charge in [0, 0.05) is 13.2 Å². The maximum Gasteiger partial charge on any atom is 0.119 e. The Morgan fingerprint density at radius 1 is 1.18 bits per heavy atom. The third-order valence-electron chi connectivity index (χ3n) is 2.42. The second-order valence-corrected chi connectivity index (χ2v) is 4.03. The number of aliphatic hydroxyl groups is 1. The molecule has 0 aromatic heterocycles. The standard InChI is InChI=1S/C14H22O3/c1-2-3-10-16-11-9-13(15)12-17-14-7-5-4-6-8-14/h4-8,13,15H,2-3,9-12H2,1H3. The molecule has 1 aromatic carbocycles. The molecule has 1 N–H and O–H groups in total. The summed E-state index contributed by atoms with van der Waals surface area (Å²) in [7, 11) is 0. The Bertz CT molecular complexity index is 274. The average molecular weight is 238 g/mol. The first-order chi connectivity index (χ1) is 8.33. The third kappa shape index (κ3) is 6.97. The normalized spacial score (nSPS) is 12.4. The molecule has 0 radical (unpaired) electrons. The molecule has 1 aromatic rings. The van der Waals surface area contributed by atoms with E-state index >= 15 is 0 Å². The van der Waals surface area contributed by atoms with Crippen molar-refractivity contribution >= 4 is 0 Å². The van der Waals surface area contributed by atoms with Crippen LogP contribution in [-0.4, -0.2) is 31.0 Å². The van der Waals surface area contributed by atoms with Crippen LogP contribution >= 0.6 is 0 Å². The zero-order chi connectivity index (χ0) is 12.3. The van der Waals surface area contributed by atoms with Crippen molar-refractivity contribution in [2.24, 2.45) is 0 Å². The first kappa shape index (κ1) is 14.0. The number of hydrogen-bond acceptors (Lipinski definition) is 3. The molecule has 1 atom stereocenters. The first-order valence-corrected chi connectivity index (χ1v) is 6.26. The lowest BCUT2D eigenvalue weighted by molar-refractivity contribution is 0.0545. The van der Waals surface area contributed by atoms with Crippen molar-refractivity contribution in [1.82, 2.24) is 0 Å². The van der Waals surface area contributed by atoms with E-state index in [-0.39, 0.29) is 0 Å². The fourth-order valence-electron chi connectivity index (χ4n) is 1.36. The molecule has 0 saturated heterocycles. The van der Waals surface area contributed by atoms with E-state index in [1.807, 2.05) is 30.3 Å². The van der Waals surface area contributed by atoms with Crippen molar-refractivity contribution in [3.8, 4) is 5.75 Å². The van der Waals surface area contributed by atoms with Gasteiger partial charge in [-0.25, -0.2) is 0 Å². The summed E-state index contributed by atoms with van der Waals surface area (Å²) in [5.41, 5.74) is 0. The summed E-state index contributed by atoms with van der Waals surface area (Å²) >= 11 is 0. The summed E-state index contributed by atoms with van der Waals surface area (Å²) in [6, 6.07) is 9.52. The van der Waals surface area contributed by atoms with Crippen molar-refractivity contribution in [1.29, 1.82) is 0 Å². The van der Waals surface area contributed by atoms with E-state index in [9.17, 15) is 5.11 Å². The van der Waals surface area contributed by atoms with Gasteiger partial charge in [-0.15, -0.1) is 0 Å². The number of benzene rings is 1. The van der Waals surface area contributed by atoms with Gasteiger partial charge in [0.25, 0.3) is 0 Å². The van der Waals surface area contributed by atoms with Gasteiger partial charge in [-0.1, -0.05) is 31.5 Å². The Kier molecular flexibility index (Phi) is 7.43. The SMILES string of the molecule is CCCCOCCC(O)COc1ccccc1. The van der Waals surface area contributed by atoms with Crippen molar-refractivity contribution in [3.63, 3.8) is 0 Å². The van der Waals surface area contributed by atoms with Gasteiger partial charge in [0.15, 0.2) is 0 Å². The monoisotopic (exact) mass is 238 g/mol. The molecule has 0 spiro atoms. The van der Waals surface area contributed by atoms with Gasteiger partial charge in [0.2, 0.25) is 0 Å². The quantitative estimate of drug-likeness (QED) is 0.672. The second kappa shape index (κ2) is 9.02. The van der Waals surface area contributed by atoms with E-state index in [0.29, 0.717) is 19.6 Å². The average Bonchev–Trinajstić information content (AvgIpc) is 2.37. The lowest BCUT2D eigenvalue weighted by Gasteiger charge is -2.12. The van der Waals surface area contributed by atoms with Gasteiger partial charge in [0.1, 0.15) is 12.4 Å². The number of aliphatic hydroxyl groups excluding tert-OH is 1. The molecule has 1 rings (SSSR count). The van der Waals surface area contributed by atoms with Gasteiger partial charge in [-0.2, -0.15) is 0 Å². The highest BCUT2D eigenvalue weighted by Gasteiger charge is 2.04. The van der Waals surface area contributed by atoms with Gasteiger partial charge in [0.05, 0.1) is 6.10 Å². The predicted molar refractivity (Wildman–Crippen MR) is 68.3 cm³/mol. The number of unbranched alkanes of at least 4 members (excludes halogenated alkanes) is 1. The van der Waals surface area contributed by atoms with Crippen LogP contribution in [0.5, 0.6) is 5.75 Å². The first-order valence-electron chi connectivity index (χ1n) is 6.26. The van der Waals surface area contributed by atoms with E-state index in [2.05, 4.69) is 6.92 Å². The number of hydrogen-bond donors (Lipinski definition) is 1. The number of para-hydroxylation sites is 1. The lowest BCUT2D eigenvalue weighted by Crippen LogP contribution is -2.19. The van der Waals surface area contributed by atoms with Gasteiger partial charge >= 0.3 is 0 Å². The highest BCUT2D eigenvalue weighted by atomic mass is 16.5. The van der Waals surface area contributed by atoms with Crippen molar-refractivity contribution < 1.29 is 14.6 Å². The molecule has 3 nitrogen and oxygen atoms in total. The highest BCUT2D eigenvalue weighted by Crippen LogP contribution is 2.09. The Hall–Kier alpha value is -1.06. The molecule has 0 aliphatic heterocycles. The Morgan fingerprint density at radius 3 is 2.65 bits per heavy atom. The Labute approximate surface area is 103 Å². The molecular weight excluding hydrogens is 216 g/mol. The smallest absolute Gasteiger partial charge is 0.119 e. The molecule has 0 fully saturated rings. The minimum atomic E-state index is -0.461. The van der Waals surface area contributed by atoms with E-state index in [1.165, 1.54) is 0 Å². The Balaban J connectivity index is 2.03. The maximum atomic E-state index is 9.66. The van der Waals surface area contributed by atoms with Crippen molar-refractivity contribution in [3.05, 3.63) is 30.3 Å². The summed E-state index contributed by atoms with van der Waals surface area (Å²) < 4.78 is 10.8. The minimum absolute atomic E-state index is 0.321. The second-order valence-electron chi connectivity index (χ2n) is 4.03. The highest BCUT2D eigenvalue weighted by molar-refractivity contribution is 5.20. The molecular formula is C14H22O3. The zero-order valence-electron chi connectivity index (χ0n) is 10.5.